The molecule has 0 aliphatic rings. The van der Waals surface area contributed by atoms with E-state index in [2.05, 4.69) is 66.9 Å². The van der Waals surface area contributed by atoms with Gasteiger partial charge in [0.1, 0.15) is 18.2 Å². The number of hydrogen-bond donors (Lipinski definition) is 0. The van der Waals surface area contributed by atoms with Crippen molar-refractivity contribution in [2.45, 2.75) is 27.0 Å². The van der Waals surface area contributed by atoms with Crippen LogP contribution in [0.15, 0.2) is 72.8 Å². The van der Waals surface area contributed by atoms with Crippen LogP contribution in [-0.2, 0) is 13.2 Å². The Hall–Kier alpha value is -3.07. The molecule has 0 spiro atoms. The Labute approximate surface area is 153 Å². The lowest BCUT2D eigenvalue weighted by molar-refractivity contribution is 0.291. The zero-order valence-corrected chi connectivity index (χ0v) is 15.1. The highest BCUT2D eigenvalue weighted by atomic mass is 16.5. The van der Waals surface area contributed by atoms with E-state index in [0.717, 1.165) is 29.2 Å². The lowest BCUT2D eigenvalue weighted by Crippen LogP contribution is -2.08. The molecule has 0 atom stereocenters. The summed E-state index contributed by atoms with van der Waals surface area (Å²) in [6, 6.07) is 25.0. The van der Waals surface area contributed by atoms with E-state index >= 15 is 0 Å². The molecule has 0 N–H and O–H groups in total. The number of rotatable bonds is 5. The topological polar surface area (TPSA) is 27.1 Å². The molecule has 1 heterocycles. The van der Waals surface area contributed by atoms with E-state index in [0.29, 0.717) is 6.61 Å². The molecule has 0 bridgehead atoms. The number of imidazole rings is 1. The molecule has 130 valence electrons. The van der Waals surface area contributed by atoms with E-state index in [-0.39, 0.29) is 0 Å². The number of nitrogens with zero attached hydrogens (tertiary/aromatic N) is 2. The highest BCUT2D eigenvalue weighted by molar-refractivity contribution is 5.76. The van der Waals surface area contributed by atoms with Gasteiger partial charge < -0.3 is 9.30 Å². The number of fused-ring (bicyclic) bond motifs is 1. The zero-order valence-electron chi connectivity index (χ0n) is 15.1. The average Bonchev–Trinajstić information content (AvgIpc) is 2.98. The minimum atomic E-state index is 0.448. The van der Waals surface area contributed by atoms with Crippen molar-refractivity contribution in [2.75, 3.05) is 0 Å². The maximum atomic E-state index is 6.02. The monoisotopic (exact) mass is 342 g/mol. The molecule has 26 heavy (non-hydrogen) atoms. The van der Waals surface area contributed by atoms with E-state index in [1.54, 1.807) is 0 Å². The van der Waals surface area contributed by atoms with Gasteiger partial charge in [-0.3, -0.25) is 0 Å². The van der Waals surface area contributed by atoms with Crippen LogP contribution in [0, 0.1) is 13.8 Å². The third-order valence-corrected chi connectivity index (χ3v) is 4.51. The van der Waals surface area contributed by atoms with Crippen molar-refractivity contribution in [3.8, 4) is 5.75 Å². The Morgan fingerprint density at radius 1 is 0.846 bits per heavy atom. The van der Waals surface area contributed by atoms with Crippen molar-refractivity contribution < 1.29 is 4.74 Å². The molecule has 0 saturated carbocycles. The Balaban J connectivity index is 1.67. The van der Waals surface area contributed by atoms with Crippen LogP contribution in [0.2, 0.25) is 0 Å². The molecule has 0 aliphatic heterocycles. The van der Waals surface area contributed by atoms with Gasteiger partial charge in [0.25, 0.3) is 0 Å². The van der Waals surface area contributed by atoms with E-state index in [9.17, 15) is 0 Å². The number of aryl methyl sites for hydroxylation is 2. The van der Waals surface area contributed by atoms with Crippen LogP contribution in [0.4, 0.5) is 0 Å². The standard InChI is InChI=1S/C23H22N2O/c1-17-7-5-9-19(13-17)15-25-22-12-4-3-11-21(22)24-23(25)16-26-20-10-6-8-18(2)14-20/h3-14H,15-16H2,1-2H3. The number of ether oxygens (including phenoxy) is 1. The average molecular weight is 342 g/mol. The summed E-state index contributed by atoms with van der Waals surface area (Å²) in [7, 11) is 0. The van der Waals surface area contributed by atoms with Gasteiger partial charge in [-0.05, 0) is 49.2 Å². The lowest BCUT2D eigenvalue weighted by Gasteiger charge is -2.11. The second kappa shape index (κ2) is 7.04. The first-order valence-corrected chi connectivity index (χ1v) is 8.88. The second-order valence-corrected chi connectivity index (χ2v) is 6.70. The van der Waals surface area contributed by atoms with Gasteiger partial charge in [-0.2, -0.15) is 0 Å². The molecular formula is C23H22N2O. The predicted octanol–water partition coefficient (Wildman–Crippen LogP) is 5.28. The third kappa shape index (κ3) is 3.47. The maximum Gasteiger partial charge on any atom is 0.148 e. The van der Waals surface area contributed by atoms with Crippen molar-refractivity contribution >= 4 is 11.0 Å². The molecule has 0 aliphatic carbocycles. The summed E-state index contributed by atoms with van der Waals surface area (Å²) in [5, 5.41) is 0. The molecule has 0 unspecified atom stereocenters. The number of aromatic nitrogens is 2. The fourth-order valence-corrected chi connectivity index (χ4v) is 3.26. The second-order valence-electron chi connectivity index (χ2n) is 6.70. The summed E-state index contributed by atoms with van der Waals surface area (Å²) in [6.07, 6.45) is 0. The molecule has 0 radical (unpaired) electrons. The maximum absolute atomic E-state index is 6.02. The van der Waals surface area contributed by atoms with Crippen molar-refractivity contribution in [1.29, 1.82) is 0 Å². The molecule has 4 aromatic rings. The summed E-state index contributed by atoms with van der Waals surface area (Å²) in [6.45, 7) is 5.43. The van der Waals surface area contributed by atoms with E-state index < -0.39 is 0 Å². The van der Waals surface area contributed by atoms with E-state index in [4.69, 9.17) is 9.72 Å². The van der Waals surface area contributed by atoms with Crippen LogP contribution >= 0.6 is 0 Å². The summed E-state index contributed by atoms with van der Waals surface area (Å²) < 4.78 is 8.27. The van der Waals surface area contributed by atoms with Gasteiger partial charge in [0, 0.05) is 6.54 Å². The molecule has 1 aromatic heterocycles. The number of benzene rings is 3. The molecule has 0 fully saturated rings. The summed E-state index contributed by atoms with van der Waals surface area (Å²) >= 11 is 0. The smallest absolute Gasteiger partial charge is 0.148 e. The largest absolute Gasteiger partial charge is 0.486 e. The van der Waals surface area contributed by atoms with Crippen molar-refractivity contribution in [1.82, 2.24) is 9.55 Å². The molecule has 4 rings (SSSR count). The van der Waals surface area contributed by atoms with Crippen LogP contribution in [0.5, 0.6) is 5.75 Å². The minimum Gasteiger partial charge on any atom is -0.486 e. The Kier molecular flexibility index (Phi) is 4.44. The van der Waals surface area contributed by atoms with Gasteiger partial charge in [-0.1, -0.05) is 54.1 Å². The fraction of sp³-hybridized carbons (Fsp3) is 0.174. The number of hydrogen-bond acceptors (Lipinski definition) is 2. The Morgan fingerprint density at radius 3 is 2.42 bits per heavy atom. The molecule has 3 aromatic carbocycles. The van der Waals surface area contributed by atoms with Crippen molar-refractivity contribution in [3.05, 3.63) is 95.3 Å². The highest BCUT2D eigenvalue weighted by Gasteiger charge is 2.12. The SMILES string of the molecule is Cc1cccc(Cn2c(COc3cccc(C)c3)nc3ccccc32)c1. The third-order valence-electron chi connectivity index (χ3n) is 4.51. The van der Waals surface area contributed by atoms with Gasteiger partial charge >= 0.3 is 0 Å². The first-order chi connectivity index (χ1) is 12.7. The van der Waals surface area contributed by atoms with Gasteiger partial charge in [0.15, 0.2) is 0 Å². The van der Waals surface area contributed by atoms with Gasteiger partial charge in [-0.15, -0.1) is 0 Å². The molecule has 3 nitrogen and oxygen atoms in total. The van der Waals surface area contributed by atoms with Crippen molar-refractivity contribution in [3.63, 3.8) is 0 Å². The Bertz CT molecular complexity index is 1050. The normalized spacial score (nSPS) is 11.0. The minimum absolute atomic E-state index is 0.448. The predicted molar refractivity (Wildman–Crippen MR) is 106 cm³/mol. The highest BCUT2D eigenvalue weighted by Crippen LogP contribution is 2.20. The molecule has 0 amide bonds. The van der Waals surface area contributed by atoms with Gasteiger partial charge in [0.05, 0.1) is 11.0 Å². The van der Waals surface area contributed by atoms with E-state index in [1.165, 1.54) is 16.7 Å². The Morgan fingerprint density at radius 2 is 1.62 bits per heavy atom. The van der Waals surface area contributed by atoms with Crippen LogP contribution in [0.3, 0.4) is 0 Å². The summed E-state index contributed by atoms with van der Waals surface area (Å²) in [4.78, 5) is 4.81. The lowest BCUT2D eigenvalue weighted by atomic mass is 10.1. The fourth-order valence-electron chi connectivity index (χ4n) is 3.26. The quantitative estimate of drug-likeness (QED) is 0.493. The number of para-hydroxylation sites is 2. The molecule has 3 heteroatoms. The summed E-state index contributed by atoms with van der Waals surface area (Å²) in [5.74, 6) is 1.81. The zero-order chi connectivity index (χ0) is 17.9. The first-order valence-electron chi connectivity index (χ1n) is 8.88. The van der Waals surface area contributed by atoms with Gasteiger partial charge in [0.2, 0.25) is 0 Å². The van der Waals surface area contributed by atoms with Gasteiger partial charge in [-0.25, -0.2) is 4.98 Å². The first kappa shape index (κ1) is 16.4. The van der Waals surface area contributed by atoms with Crippen LogP contribution in [0.25, 0.3) is 11.0 Å². The molecular weight excluding hydrogens is 320 g/mol. The van der Waals surface area contributed by atoms with Crippen LogP contribution < -0.4 is 4.74 Å². The van der Waals surface area contributed by atoms with E-state index in [1.807, 2.05) is 24.3 Å². The van der Waals surface area contributed by atoms with Crippen LogP contribution in [0.1, 0.15) is 22.5 Å². The molecule has 0 saturated heterocycles. The van der Waals surface area contributed by atoms with Crippen LogP contribution in [-0.4, -0.2) is 9.55 Å². The summed E-state index contributed by atoms with van der Waals surface area (Å²) in [5.41, 5.74) is 5.87. The van der Waals surface area contributed by atoms with Crippen molar-refractivity contribution in [2.24, 2.45) is 0 Å².